The number of hydrogen-bond donors (Lipinski definition) is 1. The minimum absolute atomic E-state index is 0.0617. The predicted molar refractivity (Wildman–Crippen MR) is 77.5 cm³/mol. The molecule has 0 spiro atoms. The first kappa shape index (κ1) is 14.0. The van der Waals surface area contributed by atoms with Crippen LogP contribution in [0.25, 0.3) is 0 Å². The number of rotatable bonds is 3. The van der Waals surface area contributed by atoms with Crippen molar-refractivity contribution in [3.8, 4) is 11.5 Å². The van der Waals surface area contributed by atoms with E-state index in [4.69, 9.17) is 21.1 Å². The summed E-state index contributed by atoms with van der Waals surface area (Å²) in [5.74, 6) is 0.931. The number of benzene rings is 1. The number of aromatic nitrogens is 1. The van der Waals surface area contributed by atoms with E-state index in [9.17, 15) is 8.42 Å². The second-order valence-electron chi connectivity index (χ2n) is 4.27. The van der Waals surface area contributed by atoms with Crippen LogP contribution in [0.15, 0.2) is 41.6 Å². The molecule has 0 bridgehead atoms. The first-order valence-electron chi connectivity index (χ1n) is 6.08. The number of nitrogens with zero attached hydrogens (tertiary/aromatic N) is 1. The van der Waals surface area contributed by atoms with Crippen molar-refractivity contribution in [2.24, 2.45) is 0 Å². The molecule has 0 unspecified atom stereocenters. The average molecular weight is 327 g/mol. The number of pyridine rings is 1. The fraction of sp³-hybridized carbons (Fsp3) is 0.154. The van der Waals surface area contributed by atoms with Gasteiger partial charge in [-0.25, -0.2) is 8.42 Å². The lowest BCUT2D eigenvalue weighted by molar-refractivity contribution is 0.171. The summed E-state index contributed by atoms with van der Waals surface area (Å²) < 4.78 is 37.8. The van der Waals surface area contributed by atoms with E-state index in [0.29, 0.717) is 24.7 Å². The molecule has 0 fully saturated rings. The molecule has 1 aliphatic heterocycles. The molecule has 6 nitrogen and oxygen atoms in total. The minimum atomic E-state index is -3.78. The van der Waals surface area contributed by atoms with Gasteiger partial charge < -0.3 is 9.47 Å². The van der Waals surface area contributed by atoms with Gasteiger partial charge in [-0.3, -0.25) is 9.71 Å². The third kappa shape index (κ3) is 2.88. The summed E-state index contributed by atoms with van der Waals surface area (Å²) in [5.41, 5.74) is 0.217. The van der Waals surface area contributed by atoms with Crippen molar-refractivity contribution in [2.45, 2.75) is 4.90 Å². The minimum Gasteiger partial charge on any atom is -0.486 e. The molecule has 110 valence electrons. The maximum atomic E-state index is 12.3. The zero-order chi connectivity index (χ0) is 14.9. The van der Waals surface area contributed by atoms with E-state index in [1.54, 1.807) is 6.07 Å². The van der Waals surface area contributed by atoms with Crippen LogP contribution in [0.4, 0.5) is 5.69 Å². The van der Waals surface area contributed by atoms with Crippen molar-refractivity contribution in [3.63, 3.8) is 0 Å². The largest absolute Gasteiger partial charge is 0.486 e. The van der Waals surface area contributed by atoms with Crippen LogP contribution in [0.1, 0.15) is 0 Å². The van der Waals surface area contributed by atoms with Crippen LogP contribution < -0.4 is 14.2 Å². The lowest BCUT2D eigenvalue weighted by atomic mass is 10.3. The first-order chi connectivity index (χ1) is 10.1. The smallest absolute Gasteiger partial charge is 0.262 e. The maximum absolute atomic E-state index is 12.3. The third-order valence-electron chi connectivity index (χ3n) is 2.84. The topological polar surface area (TPSA) is 77.5 Å². The van der Waals surface area contributed by atoms with Crippen LogP contribution in [0, 0.1) is 0 Å². The molecule has 3 rings (SSSR count). The predicted octanol–water partition coefficient (Wildman–Crippen LogP) is 2.31. The summed E-state index contributed by atoms with van der Waals surface area (Å²) in [6, 6.07) is 5.93. The van der Waals surface area contributed by atoms with Crippen molar-refractivity contribution in [3.05, 3.63) is 41.7 Å². The van der Waals surface area contributed by atoms with Gasteiger partial charge in [-0.15, -0.1) is 0 Å². The van der Waals surface area contributed by atoms with Crippen LogP contribution in [-0.2, 0) is 10.0 Å². The van der Waals surface area contributed by atoms with Crippen LogP contribution in [0.3, 0.4) is 0 Å². The van der Waals surface area contributed by atoms with Gasteiger partial charge in [0, 0.05) is 12.3 Å². The number of ether oxygens (including phenoxy) is 2. The van der Waals surface area contributed by atoms with E-state index in [1.807, 2.05) is 0 Å². The van der Waals surface area contributed by atoms with Crippen molar-refractivity contribution >= 4 is 27.3 Å². The molecule has 1 N–H and O–H groups in total. The molecule has 2 aromatic rings. The molecule has 21 heavy (non-hydrogen) atoms. The Labute approximate surface area is 126 Å². The quantitative estimate of drug-likeness (QED) is 0.936. The zero-order valence-electron chi connectivity index (χ0n) is 10.7. The van der Waals surface area contributed by atoms with Gasteiger partial charge >= 0.3 is 0 Å². The van der Waals surface area contributed by atoms with Crippen molar-refractivity contribution in [1.29, 1.82) is 0 Å². The Morgan fingerprint density at radius 1 is 1.14 bits per heavy atom. The molecule has 1 aromatic carbocycles. The first-order valence-corrected chi connectivity index (χ1v) is 7.94. The summed E-state index contributed by atoms with van der Waals surface area (Å²) in [7, 11) is -3.78. The number of halogens is 1. The Morgan fingerprint density at radius 2 is 1.90 bits per heavy atom. The number of nitrogens with one attached hydrogen (secondary N) is 1. The average Bonchev–Trinajstić information content (AvgIpc) is 2.49. The fourth-order valence-electron chi connectivity index (χ4n) is 1.85. The molecular formula is C13H11ClN2O4S. The normalized spacial score (nSPS) is 13.8. The van der Waals surface area contributed by atoms with E-state index < -0.39 is 10.0 Å². The molecule has 0 aliphatic carbocycles. The molecule has 1 aromatic heterocycles. The SMILES string of the molecule is O=S(=O)(Nc1cnccc1Cl)c1ccc2c(c1)OCCO2. The molecule has 8 heteroatoms. The van der Waals surface area contributed by atoms with Gasteiger partial charge in [-0.1, -0.05) is 11.6 Å². The summed E-state index contributed by atoms with van der Waals surface area (Å²) in [4.78, 5) is 3.90. The Hall–Kier alpha value is -1.99. The number of hydrogen-bond acceptors (Lipinski definition) is 5. The van der Waals surface area contributed by atoms with Crippen molar-refractivity contribution in [1.82, 2.24) is 4.98 Å². The molecule has 0 saturated carbocycles. The van der Waals surface area contributed by atoms with E-state index in [2.05, 4.69) is 9.71 Å². The van der Waals surface area contributed by atoms with E-state index >= 15 is 0 Å². The van der Waals surface area contributed by atoms with Gasteiger partial charge in [0.25, 0.3) is 10.0 Å². The standard InChI is InChI=1S/C13H11ClN2O4S/c14-10-3-4-15-8-11(10)16-21(17,18)9-1-2-12-13(7-9)20-6-5-19-12/h1-4,7-8,16H,5-6H2. The fourth-order valence-corrected chi connectivity index (χ4v) is 3.13. The number of sulfonamides is 1. The molecule has 2 heterocycles. The lowest BCUT2D eigenvalue weighted by Crippen LogP contribution is -2.17. The van der Waals surface area contributed by atoms with Gasteiger partial charge in [0.05, 0.1) is 21.8 Å². The van der Waals surface area contributed by atoms with Gasteiger partial charge in [-0.05, 0) is 18.2 Å². The zero-order valence-corrected chi connectivity index (χ0v) is 12.3. The van der Waals surface area contributed by atoms with Gasteiger partial charge in [0.2, 0.25) is 0 Å². The van der Waals surface area contributed by atoms with Crippen molar-refractivity contribution < 1.29 is 17.9 Å². The van der Waals surface area contributed by atoms with Gasteiger partial charge in [0.15, 0.2) is 11.5 Å². The van der Waals surface area contributed by atoms with E-state index in [0.717, 1.165) is 0 Å². The van der Waals surface area contributed by atoms with Crippen LogP contribution in [-0.4, -0.2) is 26.6 Å². The molecule has 0 saturated heterocycles. The van der Waals surface area contributed by atoms with Gasteiger partial charge in [0.1, 0.15) is 13.2 Å². The Bertz CT molecular complexity index is 779. The van der Waals surface area contributed by atoms with Gasteiger partial charge in [-0.2, -0.15) is 0 Å². The molecule has 0 amide bonds. The highest BCUT2D eigenvalue weighted by atomic mass is 35.5. The van der Waals surface area contributed by atoms with Crippen LogP contribution >= 0.6 is 11.6 Å². The Kier molecular flexibility index (Phi) is 3.60. The summed E-state index contributed by atoms with van der Waals surface area (Å²) >= 11 is 5.92. The highest BCUT2D eigenvalue weighted by molar-refractivity contribution is 7.92. The summed E-state index contributed by atoms with van der Waals surface area (Å²) in [6.07, 6.45) is 2.82. The maximum Gasteiger partial charge on any atom is 0.262 e. The highest BCUT2D eigenvalue weighted by Crippen LogP contribution is 2.33. The van der Waals surface area contributed by atoms with Crippen LogP contribution in [0.5, 0.6) is 11.5 Å². The third-order valence-corrected chi connectivity index (χ3v) is 4.53. The number of anilines is 1. The highest BCUT2D eigenvalue weighted by Gasteiger charge is 2.20. The second kappa shape index (κ2) is 5.42. The monoisotopic (exact) mass is 326 g/mol. The summed E-state index contributed by atoms with van der Waals surface area (Å²) in [5, 5.41) is 0.270. The molecular weight excluding hydrogens is 316 g/mol. The van der Waals surface area contributed by atoms with E-state index in [1.165, 1.54) is 30.6 Å². The molecule has 0 radical (unpaired) electrons. The molecule has 1 aliphatic rings. The second-order valence-corrected chi connectivity index (χ2v) is 6.36. The van der Waals surface area contributed by atoms with E-state index in [-0.39, 0.29) is 15.6 Å². The van der Waals surface area contributed by atoms with Crippen LogP contribution in [0.2, 0.25) is 5.02 Å². The Balaban J connectivity index is 1.93. The summed E-state index contributed by atoms with van der Waals surface area (Å²) in [6.45, 7) is 0.834. The molecule has 0 atom stereocenters. The van der Waals surface area contributed by atoms with Crippen molar-refractivity contribution in [2.75, 3.05) is 17.9 Å². The number of fused-ring (bicyclic) bond motifs is 1. The Morgan fingerprint density at radius 3 is 2.67 bits per heavy atom. The lowest BCUT2D eigenvalue weighted by Gasteiger charge is -2.19.